The maximum Gasteiger partial charge on any atom is 0.240 e. The molecular weight excluding hydrogens is 290 g/mol. The Bertz CT molecular complexity index is 419. The number of rotatable bonds is 4. The van der Waals surface area contributed by atoms with E-state index in [9.17, 15) is 4.79 Å². The third kappa shape index (κ3) is 2.94. The quantitative estimate of drug-likeness (QED) is 0.772. The van der Waals surface area contributed by atoms with Gasteiger partial charge in [-0.05, 0) is 30.9 Å². The van der Waals surface area contributed by atoms with E-state index >= 15 is 0 Å². The highest BCUT2D eigenvalue weighted by molar-refractivity contribution is 9.10. The number of alkyl halides is 1. The summed E-state index contributed by atoms with van der Waals surface area (Å²) in [4.78, 5) is 14.4. The van der Waals surface area contributed by atoms with Gasteiger partial charge in [-0.15, -0.1) is 0 Å². The number of hydrogen-bond donors (Lipinski definition) is 0. The standard InChI is InChI=1S/C15H20BrNO/c1-2-3-9-13(16)15(18)17-11-6-8-12-7-4-5-10-14(12)17/h4-5,7,10,13H,2-3,6,8-9,11H2,1H3. The van der Waals surface area contributed by atoms with Crippen LogP contribution in [0.15, 0.2) is 24.3 Å². The maximum atomic E-state index is 12.4. The number of para-hydroxylation sites is 1. The number of anilines is 1. The minimum atomic E-state index is -0.0383. The van der Waals surface area contributed by atoms with Gasteiger partial charge in [0.2, 0.25) is 5.91 Å². The van der Waals surface area contributed by atoms with Crippen molar-refractivity contribution in [3.63, 3.8) is 0 Å². The Hall–Kier alpha value is -0.830. The highest BCUT2D eigenvalue weighted by Gasteiger charge is 2.26. The van der Waals surface area contributed by atoms with Crippen LogP contribution in [0, 0.1) is 0 Å². The molecular formula is C15H20BrNO. The topological polar surface area (TPSA) is 20.3 Å². The maximum absolute atomic E-state index is 12.4. The van der Waals surface area contributed by atoms with Crippen molar-refractivity contribution in [2.45, 2.75) is 43.9 Å². The Morgan fingerprint density at radius 2 is 2.22 bits per heavy atom. The summed E-state index contributed by atoms with van der Waals surface area (Å²) < 4.78 is 0. The van der Waals surface area contributed by atoms with Crippen molar-refractivity contribution >= 4 is 27.5 Å². The first-order chi connectivity index (χ1) is 8.74. The molecule has 0 saturated carbocycles. The van der Waals surface area contributed by atoms with Crippen LogP contribution in [-0.4, -0.2) is 17.3 Å². The van der Waals surface area contributed by atoms with Gasteiger partial charge in [0.05, 0.1) is 4.83 Å². The lowest BCUT2D eigenvalue weighted by molar-refractivity contribution is -0.118. The van der Waals surface area contributed by atoms with Crippen molar-refractivity contribution < 1.29 is 4.79 Å². The highest BCUT2D eigenvalue weighted by Crippen LogP contribution is 2.28. The Morgan fingerprint density at radius 1 is 1.44 bits per heavy atom. The van der Waals surface area contributed by atoms with Crippen molar-refractivity contribution in [2.24, 2.45) is 0 Å². The molecule has 1 aliphatic rings. The number of fused-ring (bicyclic) bond motifs is 1. The Balaban J connectivity index is 2.12. The van der Waals surface area contributed by atoms with Gasteiger partial charge in [0.25, 0.3) is 0 Å². The monoisotopic (exact) mass is 309 g/mol. The molecule has 0 radical (unpaired) electrons. The van der Waals surface area contributed by atoms with E-state index in [4.69, 9.17) is 0 Å². The second-order valence-corrected chi connectivity index (χ2v) is 5.94. The SMILES string of the molecule is CCCCC(Br)C(=O)N1CCCc2ccccc21. The number of benzene rings is 1. The Labute approximate surface area is 117 Å². The molecule has 2 rings (SSSR count). The van der Waals surface area contributed by atoms with Gasteiger partial charge in [0.1, 0.15) is 0 Å². The van der Waals surface area contributed by atoms with Crippen LogP contribution >= 0.6 is 15.9 Å². The number of nitrogens with zero attached hydrogens (tertiary/aromatic N) is 1. The average Bonchev–Trinajstić information content (AvgIpc) is 2.43. The van der Waals surface area contributed by atoms with Crippen LogP contribution in [0.5, 0.6) is 0 Å². The molecule has 1 amide bonds. The number of halogens is 1. The number of carbonyl (C=O) groups is 1. The molecule has 1 atom stereocenters. The molecule has 1 unspecified atom stereocenters. The molecule has 1 heterocycles. The molecule has 1 aromatic rings. The Morgan fingerprint density at radius 3 is 3.00 bits per heavy atom. The number of aryl methyl sites for hydroxylation is 1. The van der Waals surface area contributed by atoms with E-state index in [2.05, 4.69) is 41.1 Å². The van der Waals surface area contributed by atoms with Crippen molar-refractivity contribution in [1.29, 1.82) is 0 Å². The molecule has 0 spiro atoms. The van der Waals surface area contributed by atoms with E-state index < -0.39 is 0 Å². The van der Waals surface area contributed by atoms with E-state index in [1.165, 1.54) is 5.56 Å². The number of unbranched alkanes of at least 4 members (excludes halogenated alkanes) is 1. The van der Waals surface area contributed by atoms with Gasteiger partial charge in [-0.25, -0.2) is 0 Å². The van der Waals surface area contributed by atoms with Crippen LogP contribution in [0.3, 0.4) is 0 Å². The van der Waals surface area contributed by atoms with Gasteiger partial charge in [0, 0.05) is 12.2 Å². The van der Waals surface area contributed by atoms with Crippen molar-refractivity contribution in [3.8, 4) is 0 Å². The van der Waals surface area contributed by atoms with E-state index in [1.54, 1.807) is 0 Å². The van der Waals surface area contributed by atoms with Crippen LogP contribution in [-0.2, 0) is 11.2 Å². The molecule has 3 heteroatoms. The Kier molecular flexibility index (Phi) is 4.81. The summed E-state index contributed by atoms with van der Waals surface area (Å²) in [5.41, 5.74) is 2.40. The highest BCUT2D eigenvalue weighted by atomic mass is 79.9. The predicted octanol–water partition coefficient (Wildman–Crippen LogP) is 3.92. The third-order valence-corrected chi connectivity index (χ3v) is 4.30. The molecule has 2 nitrogen and oxygen atoms in total. The molecule has 0 aromatic heterocycles. The summed E-state index contributed by atoms with van der Waals surface area (Å²) in [5, 5.41) is 0. The fraction of sp³-hybridized carbons (Fsp3) is 0.533. The normalized spacial score (nSPS) is 16.2. The van der Waals surface area contributed by atoms with Crippen LogP contribution in [0.25, 0.3) is 0 Å². The summed E-state index contributed by atoms with van der Waals surface area (Å²) in [6, 6.07) is 8.26. The molecule has 0 bridgehead atoms. The lowest BCUT2D eigenvalue weighted by Crippen LogP contribution is -2.40. The molecule has 0 aliphatic carbocycles. The minimum Gasteiger partial charge on any atom is -0.311 e. The van der Waals surface area contributed by atoms with Gasteiger partial charge < -0.3 is 4.90 Å². The van der Waals surface area contributed by atoms with Gasteiger partial charge >= 0.3 is 0 Å². The molecule has 98 valence electrons. The smallest absolute Gasteiger partial charge is 0.240 e. The van der Waals surface area contributed by atoms with Crippen molar-refractivity contribution in [3.05, 3.63) is 29.8 Å². The van der Waals surface area contributed by atoms with Gasteiger partial charge in [-0.3, -0.25) is 4.79 Å². The zero-order valence-electron chi connectivity index (χ0n) is 10.9. The second-order valence-electron chi connectivity index (χ2n) is 4.83. The number of amides is 1. The zero-order valence-corrected chi connectivity index (χ0v) is 12.4. The minimum absolute atomic E-state index is 0.0383. The first-order valence-corrected chi connectivity index (χ1v) is 7.69. The van der Waals surface area contributed by atoms with E-state index in [0.717, 1.165) is 44.3 Å². The fourth-order valence-electron chi connectivity index (χ4n) is 2.44. The van der Waals surface area contributed by atoms with Crippen LogP contribution in [0.2, 0.25) is 0 Å². The number of carbonyl (C=O) groups excluding carboxylic acids is 1. The summed E-state index contributed by atoms with van der Waals surface area (Å²) in [6.07, 6.45) is 5.30. The zero-order chi connectivity index (χ0) is 13.0. The summed E-state index contributed by atoms with van der Waals surface area (Å²) >= 11 is 3.54. The molecule has 1 aromatic carbocycles. The van der Waals surface area contributed by atoms with Crippen molar-refractivity contribution in [1.82, 2.24) is 0 Å². The molecule has 0 N–H and O–H groups in total. The lowest BCUT2D eigenvalue weighted by Gasteiger charge is -2.31. The summed E-state index contributed by atoms with van der Waals surface area (Å²) in [7, 11) is 0. The van der Waals surface area contributed by atoms with Gasteiger partial charge in [-0.2, -0.15) is 0 Å². The molecule has 1 aliphatic heterocycles. The lowest BCUT2D eigenvalue weighted by atomic mass is 10.0. The van der Waals surface area contributed by atoms with Crippen molar-refractivity contribution in [2.75, 3.05) is 11.4 Å². The largest absolute Gasteiger partial charge is 0.311 e. The fourth-order valence-corrected chi connectivity index (χ4v) is 3.01. The molecule has 18 heavy (non-hydrogen) atoms. The predicted molar refractivity (Wildman–Crippen MR) is 79.4 cm³/mol. The average molecular weight is 310 g/mol. The van der Waals surface area contributed by atoms with Crippen LogP contribution in [0.4, 0.5) is 5.69 Å². The first-order valence-electron chi connectivity index (χ1n) is 6.77. The van der Waals surface area contributed by atoms with E-state index in [0.29, 0.717) is 0 Å². The molecule has 0 saturated heterocycles. The summed E-state index contributed by atoms with van der Waals surface area (Å²) in [6.45, 7) is 3.00. The first kappa shape index (κ1) is 13.6. The number of hydrogen-bond acceptors (Lipinski definition) is 1. The van der Waals surface area contributed by atoms with Crippen LogP contribution in [0.1, 0.15) is 38.2 Å². The third-order valence-electron chi connectivity index (χ3n) is 3.46. The summed E-state index contributed by atoms with van der Waals surface area (Å²) in [5.74, 6) is 0.218. The van der Waals surface area contributed by atoms with E-state index in [-0.39, 0.29) is 10.7 Å². The van der Waals surface area contributed by atoms with Gasteiger partial charge in [-0.1, -0.05) is 53.9 Å². The van der Waals surface area contributed by atoms with Crippen LogP contribution < -0.4 is 4.90 Å². The van der Waals surface area contributed by atoms with Gasteiger partial charge in [0.15, 0.2) is 0 Å². The second kappa shape index (κ2) is 6.37. The van der Waals surface area contributed by atoms with E-state index in [1.807, 2.05) is 11.0 Å². The molecule has 0 fully saturated rings.